The highest BCUT2D eigenvalue weighted by molar-refractivity contribution is 5.91. The maximum absolute atomic E-state index is 13.0. The molecule has 2 bridgehead atoms. The van der Waals surface area contributed by atoms with E-state index in [1.54, 1.807) is 0 Å². The number of fused-ring (bicyclic) bond motifs is 2. The van der Waals surface area contributed by atoms with Crippen LogP contribution in [-0.4, -0.2) is 50.0 Å². The first-order valence-electron chi connectivity index (χ1n) is 13.1. The lowest BCUT2D eigenvalue weighted by molar-refractivity contribution is -0.919. The highest BCUT2D eigenvalue weighted by atomic mass is 16.6. The van der Waals surface area contributed by atoms with Gasteiger partial charge in [0.25, 0.3) is 0 Å². The first-order valence-corrected chi connectivity index (χ1v) is 13.1. The summed E-state index contributed by atoms with van der Waals surface area (Å²) in [6, 6.07) is 28.5. The van der Waals surface area contributed by atoms with E-state index in [1.807, 2.05) is 72.8 Å². The van der Waals surface area contributed by atoms with Crippen molar-refractivity contribution in [1.29, 1.82) is 0 Å². The molecular formula is C31H37N2O3+. The number of hydrogen-bond acceptors (Lipinski definition) is 3. The highest BCUT2D eigenvalue weighted by Gasteiger charge is 2.56. The molecule has 2 fully saturated rings. The van der Waals surface area contributed by atoms with Gasteiger partial charge in [0.15, 0.2) is 0 Å². The lowest BCUT2D eigenvalue weighted by atomic mass is 9.98. The van der Waals surface area contributed by atoms with Crippen LogP contribution in [0.1, 0.15) is 25.7 Å². The first kappa shape index (κ1) is 24.4. The zero-order chi connectivity index (χ0) is 25.0. The van der Waals surface area contributed by atoms with E-state index in [0.717, 1.165) is 59.5 Å². The minimum absolute atomic E-state index is 0.0180. The van der Waals surface area contributed by atoms with Gasteiger partial charge in [-0.3, -0.25) is 5.32 Å². The van der Waals surface area contributed by atoms with Gasteiger partial charge in [-0.05, 0) is 43.0 Å². The van der Waals surface area contributed by atoms with Gasteiger partial charge in [-0.1, -0.05) is 66.7 Å². The molecule has 4 atom stereocenters. The number of nitrogens with one attached hydrogen (secondary N) is 1. The molecule has 4 unspecified atom stereocenters. The largest absolute Gasteiger partial charge is 0.493 e. The van der Waals surface area contributed by atoms with Crippen molar-refractivity contribution in [3.05, 3.63) is 84.9 Å². The highest BCUT2D eigenvalue weighted by Crippen LogP contribution is 2.50. The predicted octanol–water partition coefficient (Wildman–Crippen LogP) is 6.61. The molecule has 0 spiro atoms. The van der Waals surface area contributed by atoms with Crippen LogP contribution in [0.3, 0.4) is 0 Å². The number of anilines is 1. The molecule has 5 heteroatoms. The molecule has 3 aromatic carbocycles. The standard InChI is InChI=1S/C31H36N2O3/c1-33(2,20-11-21-35-25-14-7-4-8-15-25)30-24-18-19-27(30)29(22-24)36-31(34)32-28-17-10-9-16-26(28)23-12-5-3-6-13-23/h3-10,12-17,24,27,29-30H,11,18-22H2,1-2H3/p+1. The van der Waals surface area contributed by atoms with E-state index in [4.69, 9.17) is 9.47 Å². The van der Waals surface area contributed by atoms with Crippen molar-refractivity contribution in [3.63, 3.8) is 0 Å². The lowest BCUT2D eigenvalue weighted by Crippen LogP contribution is -2.53. The molecule has 0 saturated heterocycles. The molecule has 0 heterocycles. The van der Waals surface area contributed by atoms with E-state index in [1.165, 1.54) is 6.42 Å². The van der Waals surface area contributed by atoms with Gasteiger partial charge >= 0.3 is 6.09 Å². The van der Waals surface area contributed by atoms with Crippen molar-refractivity contribution in [2.24, 2.45) is 11.8 Å². The van der Waals surface area contributed by atoms with Crippen LogP contribution in [-0.2, 0) is 4.74 Å². The van der Waals surface area contributed by atoms with Gasteiger partial charge in [0, 0.05) is 23.8 Å². The summed E-state index contributed by atoms with van der Waals surface area (Å²) in [7, 11) is 4.66. The summed E-state index contributed by atoms with van der Waals surface area (Å²) in [5, 5.41) is 3.02. The summed E-state index contributed by atoms with van der Waals surface area (Å²) < 4.78 is 12.9. The Morgan fingerprint density at radius 2 is 1.61 bits per heavy atom. The first-order chi connectivity index (χ1) is 17.5. The number of amides is 1. The molecule has 1 amide bonds. The molecule has 36 heavy (non-hydrogen) atoms. The molecular weight excluding hydrogens is 448 g/mol. The fourth-order valence-corrected chi connectivity index (χ4v) is 6.52. The number of ether oxygens (including phenoxy) is 2. The third kappa shape index (κ3) is 5.41. The van der Waals surface area contributed by atoms with Crippen molar-refractivity contribution in [1.82, 2.24) is 0 Å². The third-order valence-electron chi connectivity index (χ3n) is 8.01. The Hall–Kier alpha value is -3.31. The van der Waals surface area contributed by atoms with Crippen LogP contribution in [0.25, 0.3) is 11.1 Å². The smallest absolute Gasteiger partial charge is 0.411 e. The van der Waals surface area contributed by atoms with Gasteiger partial charge in [0.2, 0.25) is 0 Å². The normalized spacial score (nSPS) is 22.8. The molecule has 0 aromatic heterocycles. The number of para-hydroxylation sites is 2. The summed E-state index contributed by atoms with van der Waals surface area (Å²) in [4.78, 5) is 13.0. The van der Waals surface area contributed by atoms with Crippen molar-refractivity contribution in [2.45, 2.75) is 37.8 Å². The zero-order valence-corrected chi connectivity index (χ0v) is 21.3. The summed E-state index contributed by atoms with van der Waals surface area (Å²) in [5.41, 5.74) is 2.85. The molecule has 0 radical (unpaired) electrons. The minimum atomic E-state index is -0.351. The van der Waals surface area contributed by atoms with Crippen LogP contribution in [0, 0.1) is 11.8 Å². The average Bonchev–Trinajstić information content (AvgIpc) is 3.47. The molecule has 5 rings (SSSR count). The minimum Gasteiger partial charge on any atom is -0.493 e. The number of rotatable bonds is 9. The maximum atomic E-state index is 13.0. The fraction of sp³-hybridized carbons (Fsp3) is 0.387. The number of carbonyl (C=O) groups excluding carboxylic acids is 1. The Kier molecular flexibility index (Phi) is 7.28. The van der Waals surface area contributed by atoms with Gasteiger partial charge in [-0.15, -0.1) is 0 Å². The number of benzene rings is 3. The molecule has 2 aliphatic carbocycles. The van der Waals surface area contributed by atoms with Crippen LogP contribution in [0.5, 0.6) is 5.75 Å². The SMILES string of the molecule is C[N+](C)(CCCOc1ccccc1)C1C2CCC1C(OC(=O)Nc1ccccc1-c1ccccc1)C2. The number of carbonyl (C=O) groups is 1. The fourth-order valence-electron chi connectivity index (χ4n) is 6.52. The Balaban J connectivity index is 1.17. The third-order valence-corrected chi connectivity index (χ3v) is 8.01. The molecule has 2 saturated carbocycles. The van der Waals surface area contributed by atoms with Gasteiger partial charge in [-0.2, -0.15) is 0 Å². The Labute approximate surface area is 214 Å². The lowest BCUT2D eigenvalue weighted by Gasteiger charge is -2.39. The Morgan fingerprint density at radius 1 is 0.917 bits per heavy atom. The van der Waals surface area contributed by atoms with Gasteiger partial charge in [-0.25, -0.2) is 4.79 Å². The summed E-state index contributed by atoms with van der Waals surface area (Å²) in [5.74, 6) is 1.95. The van der Waals surface area contributed by atoms with Gasteiger partial charge in [0.05, 0.1) is 39.0 Å². The van der Waals surface area contributed by atoms with Crippen LogP contribution in [0.4, 0.5) is 10.5 Å². The van der Waals surface area contributed by atoms with Gasteiger partial charge in [0.1, 0.15) is 11.9 Å². The second-order valence-electron chi connectivity index (χ2n) is 10.7. The molecule has 0 aliphatic heterocycles. The van der Waals surface area contributed by atoms with Crippen LogP contribution in [0.2, 0.25) is 0 Å². The van der Waals surface area contributed by atoms with E-state index in [9.17, 15) is 4.79 Å². The van der Waals surface area contributed by atoms with Crippen molar-refractivity contribution in [2.75, 3.05) is 32.6 Å². The van der Waals surface area contributed by atoms with E-state index in [-0.39, 0.29) is 12.2 Å². The molecule has 3 aromatic rings. The van der Waals surface area contributed by atoms with Crippen molar-refractivity contribution >= 4 is 11.8 Å². The van der Waals surface area contributed by atoms with E-state index < -0.39 is 0 Å². The second-order valence-corrected chi connectivity index (χ2v) is 10.7. The average molecular weight is 486 g/mol. The summed E-state index contributed by atoms with van der Waals surface area (Å²) in [6.45, 7) is 1.77. The quantitative estimate of drug-likeness (QED) is 0.274. The van der Waals surface area contributed by atoms with E-state index in [2.05, 4.69) is 31.5 Å². The Bertz CT molecular complexity index is 1150. The van der Waals surface area contributed by atoms with E-state index >= 15 is 0 Å². The predicted molar refractivity (Wildman–Crippen MR) is 144 cm³/mol. The van der Waals surface area contributed by atoms with Crippen molar-refractivity contribution < 1.29 is 18.8 Å². The van der Waals surface area contributed by atoms with Crippen LogP contribution >= 0.6 is 0 Å². The van der Waals surface area contributed by atoms with E-state index in [0.29, 0.717) is 17.9 Å². The second kappa shape index (κ2) is 10.8. The Morgan fingerprint density at radius 3 is 2.39 bits per heavy atom. The molecule has 1 N–H and O–H groups in total. The number of quaternary nitrogens is 1. The topological polar surface area (TPSA) is 47.6 Å². The van der Waals surface area contributed by atoms with Gasteiger partial charge < -0.3 is 14.0 Å². The van der Waals surface area contributed by atoms with Crippen molar-refractivity contribution in [3.8, 4) is 16.9 Å². The maximum Gasteiger partial charge on any atom is 0.411 e. The molecule has 188 valence electrons. The summed E-state index contributed by atoms with van der Waals surface area (Å²) in [6.07, 6.45) is 3.96. The van der Waals surface area contributed by atoms with Crippen LogP contribution < -0.4 is 10.1 Å². The van der Waals surface area contributed by atoms with Crippen LogP contribution in [0.15, 0.2) is 84.9 Å². The molecule has 5 nitrogen and oxygen atoms in total. The monoisotopic (exact) mass is 485 g/mol. The summed E-state index contributed by atoms with van der Waals surface area (Å²) >= 11 is 0. The molecule has 2 aliphatic rings. The number of hydrogen-bond donors (Lipinski definition) is 1. The zero-order valence-electron chi connectivity index (χ0n) is 21.3. The number of nitrogens with zero attached hydrogens (tertiary/aromatic N) is 1.